The highest BCUT2D eigenvalue weighted by Crippen LogP contribution is 2.56. The zero-order chi connectivity index (χ0) is 40.0. The van der Waals surface area contributed by atoms with Crippen molar-refractivity contribution in [2.45, 2.75) is 19.3 Å². The van der Waals surface area contributed by atoms with Gasteiger partial charge in [-0.3, -0.25) is 0 Å². The monoisotopic (exact) mass is 768 g/mol. The van der Waals surface area contributed by atoms with Gasteiger partial charge in [-0.25, -0.2) is 0 Å². The Morgan fingerprint density at radius 1 is 0.417 bits per heavy atom. The van der Waals surface area contributed by atoms with Crippen LogP contribution >= 0.6 is 0 Å². The summed E-state index contributed by atoms with van der Waals surface area (Å²) in [5, 5.41) is 4.64. The van der Waals surface area contributed by atoms with E-state index >= 15 is 0 Å². The Balaban J connectivity index is 1.11. The predicted molar refractivity (Wildman–Crippen MR) is 251 cm³/mol. The van der Waals surface area contributed by atoms with Gasteiger partial charge in [0.25, 0.3) is 0 Å². The van der Waals surface area contributed by atoms with Gasteiger partial charge in [-0.05, 0) is 100 Å². The molecule has 0 atom stereocenters. The van der Waals surface area contributed by atoms with E-state index in [9.17, 15) is 0 Å². The Morgan fingerprint density at radius 2 is 1.03 bits per heavy atom. The SMILES string of the molecule is CC1(C)c2ccccc2-c2c(N(c3ccccc3-c3ccccc3)c3cccc4oc5ccc(-c6ccc7c(c6)c6ccccc6n7-c6ccccc6)cc5c34)cccc21. The summed E-state index contributed by atoms with van der Waals surface area (Å²) in [4.78, 5) is 2.49. The van der Waals surface area contributed by atoms with Gasteiger partial charge in [-0.2, -0.15) is 0 Å². The molecule has 12 rings (SSSR count). The highest BCUT2D eigenvalue weighted by molar-refractivity contribution is 6.16. The molecule has 0 fully saturated rings. The van der Waals surface area contributed by atoms with Gasteiger partial charge in [-0.1, -0.05) is 153 Å². The molecule has 2 aromatic heterocycles. The summed E-state index contributed by atoms with van der Waals surface area (Å²) in [6.45, 7) is 4.71. The minimum atomic E-state index is -0.149. The number of anilines is 3. The summed E-state index contributed by atoms with van der Waals surface area (Å²) in [5.74, 6) is 0. The topological polar surface area (TPSA) is 21.3 Å². The van der Waals surface area contributed by atoms with Crippen molar-refractivity contribution in [3.63, 3.8) is 0 Å². The van der Waals surface area contributed by atoms with Crippen molar-refractivity contribution in [3.8, 4) is 39.1 Å². The maximum atomic E-state index is 6.75. The van der Waals surface area contributed by atoms with Crippen LogP contribution in [0.2, 0.25) is 0 Å². The van der Waals surface area contributed by atoms with Crippen molar-refractivity contribution in [1.82, 2.24) is 4.57 Å². The summed E-state index contributed by atoms with van der Waals surface area (Å²) in [6.07, 6.45) is 0. The van der Waals surface area contributed by atoms with Crippen molar-refractivity contribution in [2.75, 3.05) is 4.90 Å². The molecule has 1 aliphatic carbocycles. The fraction of sp³-hybridized carbons (Fsp3) is 0.0526. The smallest absolute Gasteiger partial charge is 0.137 e. The van der Waals surface area contributed by atoms with Gasteiger partial charge in [0.15, 0.2) is 0 Å². The zero-order valence-corrected chi connectivity index (χ0v) is 33.4. The second-order valence-corrected chi connectivity index (χ2v) is 16.5. The number of rotatable bonds is 6. The standard InChI is InChI=1S/C57H40N2O/c1-57(2)46-24-12-9-23-43(46)55-47(57)25-15-28-51(55)59(48-26-13-10-21-41(48)37-17-5-3-6-18-37)52-29-16-30-54-56(52)45-36-39(32-34-53(45)60-54)38-31-33-50-44(35-38)42-22-11-14-27-49(42)58(50)40-19-7-4-8-20-40/h3-36H,1-2H3. The molecule has 0 bridgehead atoms. The van der Waals surface area contributed by atoms with Crippen LogP contribution in [-0.4, -0.2) is 4.57 Å². The summed E-state index contributed by atoms with van der Waals surface area (Å²) in [5.41, 5.74) is 18.3. The minimum absolute atomic E-state index is 0.149. The third-order valence-electron chi connectivity index (χ3n) is 12.8. The molecule has 60 heavy (non-hydrogen) atoms. The van der Waals surface area contributed by atoms with Crippen LogP contribution in [0.1, 0.15) is 25.0 Å². The summed E-state index contributed by atoms with van der Waals surface area (Å²) >= 11 is 0. The van der Waals surface area contributed by atoms with Crippen LogP contribution in [0.25, 0.3) is 82.8 Å². The maximum Gasteiger partial charge on any atom is 0.137 e. The lowest BCUT2D eigenvalue weighted by Gasteiger charge is -2.31. The van der Waals surface area contributed by atoms with Crippen LogP contribution in [0.3, 0.4) is 0 Å². The number of nitrogens with zero attached hydrogens (tertiary/aromatic N) is 2. The van der Waals surface area contributed by atoms with Crippen LogP contribution in [0, 0.1) is 0 Å². The van der Waals surface area contributed by atoms with E-state index < -0.39 is 0 Å². The first-order valence-corrected chi connectivity index (χ1v) is 20.8. The van der Waals surface area contributed by atoms with E-state index in [0.717, 1.165) is 61.4 Å². The van der Waals surface area contributed by atoms with Crippen molar-refractivity contribution < 1.29 is 4.42 Å². The minimum Gasteiger partial charge on any atom is -0.456 e. The Kier molecular flexibility index (Phi) is 7.58. The van der Waals surface area contributed by atoms with Crippen LogP contribution in [0.15, 0.2) is 211 Å². The number of hydrogen-bond donors (Lipinski definition) is 0. The molecule has 0 saturated carbocycles. The third-order valence-corrected chi connectivity index (χ3v) is 12.8. The van der Waals surface area contributed by atoms with Gasteiger partial charge in [-0.15, -0.1) is 0 Å². The lowest BCUT2D eigenvalue weighted by molar-refractivity contribution is 0.660. The second-order valence-electron chi connectivity index (χ2n) is 16.5. The second kappa shape index (κ2) is 13.2. The maximum absolute atomic E-state index is 6.75. The van der Waals surface area contributed by atoms with Gasteiger partial charge < -0.3 is 13.9 Å². The Morgan fingerprint density at radius 3 is 1.88 bits per heavy atom. The number of hydrogen-bond acceptors (Lipinski definition) is 2. The largest absolute Gasteiger partial charge is 0.456 e. The molecule has 0 N–H and O–H groups in total. The van der Waals surface area contributed by atoms with Crippen molar-refractivity contribution in [1.29, 1.82) is 0 Å². The lowest BCUT2D eigenvalue weighted by Crippen LogP contribution is -2.16. The van der Waals surface area contributed by atoms with Crippen LogP contribution in [-0.2, 0) is 5.41 Å². The molecule has 0 amide bonds. The lowest BCUT2D eigenvalue weighted by atomic mass is 9.82. The molecule has 9 aromatic carbocycles. The normalized spacial score (nSPS) is 13.0. The molecule has 2 heterocycles. The number of benzene rings is 9. The fourth-order valence-corrected chi connectivity index (χ4v) is 10.0. The Bertz CT molecular complexity index is 3460. The van der Waals surface area contributed by atoms with E-state index in [1.54, 1.807) is 0 Å². The summed E-state index contributed by atoms with van der Waals surface area (Å²) in [6, 6.07) is 74.8. The number of para-hydroxylation sites is 3. The van der Waals surface area contributed by atoms with Crippen molar-refractivity contribution in [2.24, 2.45) is 0 Å². The van der Waals surface area contributed by atoms with Gasteiger partial charge in [0.05, 0.1) is 33.5 Å². The Hall–Kier alpha value is -7.62. The van der Waals surface area contributed by atoms with E-state index in [0.29, 0.717) is 0 Å². The average Bonchev–Trinajstić information content (AvgIpc) is 3.93. The van der Waals surface area contributed by atoms with E-state index in [2.05, 4.69) is 230 Å². The first-order valence-electron chi connectivity index (χ1n) is 20.8. The van der Waals surface area contributed by atoms with Crippen LogP contribution in [0.5, 0.6) is 0 Å². The molecule has 0 radical (unpaired) electrons. The molecule has 0 spiro atoms. The van der Waals surface area contributed by atoms with E-state index in [4.69, 9.17) is 4.42 Å². The molecule has 0 saturated heterocycles. The van der Waals surface area contributed by atoms with Gasteiger partial charge in [0, 0.05) is 38.4 Å². The van der Waals surface area contributed by atoms with Gasteiger partial charge in [0.2, 0.25) is 0 Å². The van der Waals surface area contributed by atoms with Crippen molar-refractivity contribution in [3.05, 3.63) is 217 Å². The predicted octanol–water partition coefficient (Wildman–Crippen LogP) is 15.8. The molecule has 0 unspecified atom stereocenters. The Labute approximate surface area is 349 Å². The van der Waals surface area contributed by atoms with E-state index in [1.165, 1.54) is 49.6 Å². The highest BCUT2D eigenvalue weighted by atomic mass is 16.3. The summed E-state index contributed by atoms with van der Waals surface area (Å²) in [7, 11) is 0. The number of aromatic nitrogens is 1. The number of furan rings is 1. The van der Waals surface area contributed by atoms with Crippen LogP contribution < -0.4 is 4.90 Å². The molecule has 11 aromatic rings. The fourth-order valence-electron chi connectivity index (χ4n) is 10.0. The first-order chi connectivity index (χ1) is 29.5. The van der Waals surface area contributed by atoms with Crippen LogP contribution in [0.4, 0.5) is 17.1 Å². The highest BCUT2D eigenvalue weighted by Gasteiger charge is 2.38. The first kappa shape index (κ1) is 34.4. The molecule has 3 nitrogen and oxygen atoms in total. The van der Waals surface area contributed by atoms with Gasteiger partial charge >= 0.3 is 0 Å². The molecule has 3 heteroatoms. The molecule has 0 aliphatic heterocycles. The average molecular weight is 769 g/mol. The quantitative estimate of drug-likeness (QED) is 0.168. The number of fused-ring (bicyclic) bond motifs is 9. The van der Waals surface area contributed by atoms with E-state index in [1.807, 2.05) is 0 Å². The zero-order valence-electron chi connectivity index (χ0n) is 33.4. The van der Waals surface area contributed by atoms with Crippen molar-refractivity contribution >= 4 is 60.8 Å². The van der Waals surface area contributed by atoms with Gasteiger partial charge in [0.1, 0.15) is 11.2 Å². The molecule has 1 aliphatic rings. The van der Waals surface area contributed by atoms with E-state index in [-0.39, 0.29) is 5.41 Å². The molecular weight excluding hydrogens is 729 g/mol. The third kappa shape index (κ3) is 5.09. The molecule has 284 valence electrons. The molecular formula is C57H40N2O. The summed E-state index contributed by atoms with van der Waals surface area (Å²) < 4.78 is 9.12.